The highest BCUT2D eigenvalue weighted by atomic mass is 32.1. The summed E-state index contributed by atoms with van der Waals surface area (Å²) in [6.45, 7) is 12.4. The lowest BCUT2D eigenvalue weighted by Gasteiger charge is -2.29. The van der Waals surface area contributed by atoms with Gasteiger partial charge in [0.05, 0.1) is 6.57 Å². The first kappa shape index (κ1) is 23.9. The molecule has 0 aromatic heterocycles. The number of ether oxygens (including phenoxy) is 1. The Morgan fingerprint density at radius 3 is 2.40 bits per heavy atom. The Bertz CT molecular complexity index is 1430. The van der Waals surface area contributed by atoms with Gasteiger partial charge in [-0.2, -0.15) is 0 Å². The fourth-order valence-electron chi connectivity index (χ4n) is 3.92. The van der Waals surface area contributed by atoms with E-state index in [1.165, 1.54) is 29.2 Å². The van der Waals surface area contributed by atoms with Gasteiger partial charge in [0.15, 0.2) is 22.4 Å². The van der Waals surface area contributed by atoms with Crippen LogP contribution in [0.2, 0.25) is 0 Å². The van der Waals surface area contributed by atoms with Gasteiger partial charge in [0.2, 0.25) is 0 Å². The zero-order valence-electron chi connectivity index (χ0n) is 19.1. The Kier molecular flexibility index (Phi) is 6.01. The summed E-state index contributed by atoms with van der Waals surface area (Å²) in [5.41, 5.74) is 0.823. The fourth-order valence-corrected chi connectivity index (χ4v) is 4.44. The molecule has 1 amide bonds. The third-order valence-corrected chi connectivity index (χ3v) is 6.10. The van der Waals surface area contributed by atoms with Crippen LogP contribution in [0.4, 0.5) is 21.5 Å². The number of carbonyl (C=O) groups excluding carboxylic acids is 1. The van der Waals surface area contributed by atoms with E-state index in [9.17, 15) is 14.7 Å². The fraction of sp³-hybridized carbons (Fsp3) is 0.154. The van der Waals surface area contributed by atoms with Crippen LogP contribution >= 0.6 is 12.2 Å². The normalized spacial score (nSPS) is 14.7. The van der Waals surface area contributed by atoms with Crippen LogP contribution in [-0.2, 0) is 4.79 Å². The minimum atomic E-state index is -1.19. The maximum Gasteiger partial charge on any atom is 0.339 e. The molecule has 4 rings (SSSR count). The largest absolute Gasteiger partial charge is 0.478 e. The molecule has 3 aromatic carbocycles. The monoisotopic (exact) mass is 489 g/mol. The molecule has 1 fully saturated rings. The molecule has 0 atom stereocenters. The van der Waals surface area contributed by atoms with E-state index in [2.05, 4.69) is 4.85 Å². The number of hydrogen-bond donors (Lipinski definition) is 1. The van der Waals surface area contributed by atoms with Gasteiger partial charge in [-0.15, -0.1) is 0 Å². The number of anilines is 2. The quantitative estimate of drug-likeness (QED) is 0.345. The highest BCUT2D eigenvalue weighted by molar-refractivity contribution is 7.81. The van der Waals surface area contributed by atoms with E-state index in [0.717, 1.165) is 0 Å². The van der Waals surface area contributed by atoms with Crippen LogP contribution in [0.3, 0.4) is 0 Å². The van der Waals surface area contributed by atoms with Gasteiger partial charge in [-0.3, -0.25) is 9.69 Å². The lowest BCUT2D eigenvalue weighted by Crippen LogP contribution is -2.44. The van der Waals surface area contributed by atoms with Gasteiger partial charge in [0, 0.05) is 17.4 Å². The first-order valence-electron chi connectivity index (χ1n) is 10.5. The Labute approximate surface area is 206 Å². The van der Waals surface area contributed by atoms with Crippen LogP contribution in [0.1, 0.15) is 29.8 Å². The second-order valence-corrected chi connectivity index (χ2v) is 8.78. The van der Waals surface area contributed by atoms with Crippen molar-refractivity contribution in [3.8, 4) is 11.5 Å². The molecule has 0 unspecified atom stereocenters. The smallest absolute Gasteiger partial charge is 0.339 e. The van der Waals surface area contributed by atoms with Gasteiger partial charge in [0.25, 0.3) is 5.91 Å². The van der Waals surface area contributed by atoms with Crippen molar-refractivity contribution in [2.45, 2.75) is 26.3 Å². The van der Waals surface area contributed by atoms with Crippen LogP contribution < -0.4 is 14.5 Å². The number of para-hydroxylation sites is 1. The van der Waals surface area contributed by atoms with E-state index in [1.807, 2.05) is 0 Å². The van der Waals surface area contributed by atoms with Crippen molar-refractivity contribution >= 4 is 46.3 Å². The molecule has 0 spiro atoms. The first-order valence-corrected chi connectivity index (χ1v) is 10.9. The minimum Gasteiger partial charge on any atom is -0.478 e. The Morgan fingerprint density at radius 2 is 1.77 bits per heavy atom. The number of carboxylic acids is 1. The number of benzene rings is 3. The van der Waals surface area contributed by atoms with E-state index >= 15 is 4.39 Å². The minimum absolute atomic E-state index is 0.00302. The molecule has 0 aliphatic carbocycles. The molecule has 1 aliphatic heterocycles. The zero-order valence-corrected chi connectivity index (χ0v) is 19.9. The molecule has 1 heterocycles. The number of aryl methyl sites for hydroxylation is 1. The molecular formula is C26H20FN3O4S. The molecule has 0 radical (unpaired) electrons. The lowest BCUT2D eigenvalue weighted by molar-refractivity contribution is -0.120. The lowest BCUT2D eigenvalue weighted by atomic mass is 10.0. The van der Waals surface area contributed by atoms with Crippen molar-refractivity contribution in [3.63, 3.8) is 0 Å². The molecule has 1 saturated heterocycles. The molecule has 7 nitrogen and oxygen atoms in total. The number of thiocarbonyl (C=S) groups is 1. The number of hydrogen-bond acceptors (Lipinski definition) is 4. The van der Waals surface area contributed by atoms with Crippen molar-refractivity contribution < 1.29 is 23.8 Å². The van der Waals surface area contributed by atoms with Gasteiger partial charge >= 0.3 is 5.97 Å². The number of aromatic carboxylic acids is 1. The van der Waals surface area contributed by atoms with Crippen molar-refractivity contribution in [2.75, 3.05) is 9.80 Å². The van der Waals surface area contributed by atoms with Gasteiger partial charge in [-0.05, 0) is 75.0 Å². The summed E-state index contributed by atoms with van der Waals surface area (Å²) in [6.07, 6.45) is 0. The van der Waals surface area contributed by atoms with Gasteiger partial charge in [0.1, 0.15) is 16.9 Å². The molecule has 1 N–H and O–H groups in total. The summed E-state index contributed by atoms with van der Waals surface area (Å²) in [4.78, 5) is 31.1. The number of halogens is 1. The molecule has 176 valence electrons. The topological polar surface area (TPSA) is 74.4 Å². The summed E-state index contributed by atoms with van der Waals surface area (Å²) in [7, 11) is 0. The van der Waals surface area contributed by atoms with E-state index in [-0.39, 0.29) is 28.1 Å². The summed E-state index contributed by atoms with van der Waals surface area (Å²) >= 11 is 5.63. The molecule has 3 aromatic rings. The number of rotatable bonds is 5. The second-order valence-electron chi connectivity index (χ2n) is 8.42. The van der Waals surface area contributed by atoms with E-state index in [0.29, 0.717) is 22.6 Å². The molecule has 9 heteroatoms. The van der Waals surface area contributed by atoms with E-state index in [1.54, 1.807) is 62.1 Å². The van der Waals surface area contributed by atoms with E-state index in [4.69, 9.17) is 23.5 Å². The third kappa shape index (κ3) is 4.09. The van der Waals surface area contributed by atoms with Gasteiger partial charge in [-0.1, -0.05) is 18.2 Å². The Balaban J connectivity index is 1.68. The van der Waals surface area contributed by atoms with Crippen molar-refractivity contribution in [1.29, 1.82) is 0 Å². The SMILES string of the molecule is [C-]#[N+]c1ccc(N2C(=O)C(C)(C)N(c3ccc(Oc4ccccc4C(=O)O)c(F)c3)C2=S)cc1C. The summed E-state index contributed by atoms with van der Waals surface area (Å²) in [5, 5.41) is 9.50. The maximum absolute atomic E-state index is 15.1. The van der Waals surface area contributed by atoms with Crippen LogP contribution in [0.15, 0.2) is 60.7 Å². The summed E-state index contributed by atoms with van der Waals surface area (Å²) in [6, 6.07) is 15.0. The van der Waals surface area contributed by atoms with E-state index < -0.39 is 17.3 Å². The molecule has 35 heavy (non-hydrogen) atoms. The highest BCUT2D eigenvalue weighted by Gasteiger charge is 2.50. The molecule has 1 aliphatic rings. The van der Waals surface area contributed by atoms with Crippen molar-refractivity contribution in [3.05, 3.63) is 89.0 Å². The number of carbonyl (C=O) groups is 2. The van der Waals surface area contributed by atoms with Crippen LogP contribution in [0.5, 0.6) is 11.5 Å². The van der Waals surface area contributed by atoms with Crippen molar-refractivity contribution in [2.24, 2.45) is 0 Å². The highest BCUT2D eigenvalue weighted by Crippen LogP contribution is 2.39. The molecule has 0 bridgehead atoms. The first-order chi connectivity index (χ1) is 16.6. The molecule has 0 saturated carbocycles. The maximum atomic E-state index is 15.1. The van der Waals surface area contributed by atoms with Crippen LogP contribution in [0.25, 0.3) is 4.85 Å². The van der Waals surface area contributed by atoms with Crippen LogP contribution in [-0.4, -0.2) is 27.6 Å². The second kappa shape index (κ2) is 8.81. The molecular weight excluding hydrogens is 469 g/mol. The standard InChI is InChI=1S/C26H20FN3O4S/c1-15-13-16(9-11-20(15)28-4)29-24(33)26(2,3)30(25(29)35)17-10-12-22(19(27)14-17)34-21-8-6-5-7-18(21)23(31)32/h5-14H,1-3H3,(H,31,32). The predicted molar refractivity (Wildman–Crippen MR) is 134 cm³/mol. The average Bonchev–Trinajstić information content (AvgIpc) is 2.99. The Morgan fingerprint density at radius 1 is 1.09 bits per heavy atom. The van der Waals surface area contributed by atoms with Crippen LogP contribution in [0, 0.1) is 19.3 Å². The average molecular weight is 490 g/mol. The number of carboxylic acid groups (broad SMARTS) is 1. The Hall–Kier alpha value is -4.29. The number of nitrogens with zero attached hydrogens (tertiary/aromatic N) is 3. The predicted octanol–water partition coefficient (Wildman–Crippen LogP) is 6.09. The third-order valence-electron chi connectivity index (χ3n) is 5.74. The van der Waals surface area contributed by atoms with Gasteiger partial charge < -0.3 is 14.7 Å². The summed E-state index contributed by atoms with van der Waals surface area (Å²) < 4.78 is 20.6. The zero-order chi connectivity index (χ0) is 25.5. The number of amides is 1. The van der Waals surface area contributed by atoms with Gasteiger partial charge in [-0.25, -0.2) is 14.0 Å². The van der Waals surface area contributed by atoms with Crippen molar-refractivity contribution in [1.82, 2.24) is 0 Å². The summed E-state index contributed by atoms with van der Waals surface area (Å²) in [5.74, 6) is -2.40.